The molecule has 0 aliphatic rings. The third-order valence-corrected chi connectivity index (χ3v) is 5.24. The minimum Gasteiger partial charge on any atom is -0.359 e. The van der Waals surface area contributed by atoms with Gasteiger partial charge in [-0.2, -0.15) is 0 Å². The number of hydrogen-bond acceptors (Lipinski definition) is 4. The number of rotatable bonds is 7. The molecule has 3 rings (SSSR count). The van der Waals surface area contributed by atoms with Crippen LogP contribution in [-0.2, 0) is 12.0 Å². The van der Waals surface area contributed by atoms with Gasteiger partial charge in [-0.25, -0.2) is 0 Å². The second kappa shape index (κ2) is 7.96. The summed E-state index contributed by atoms with van der Waals surface area (Å²) in [4.78, 5) is 15.2. The van der Waals surface area contributed by atoms with E-state index < -0.39 is 0 Å². The summed E-state index contributed by atoms with van der Waals surface area (Å²) in [6.45, 7) is 11.0. The van der Waals surface area contributed by atoms with Gasteiger partial charge >= 0.3 is 0 Å². The number of carbonyl (C=O) groups excluding carboxylic acids is 1. The molecule has 3 aromatic rings. The number of nitrogens with one attached hydrogen (secondary N) is 1. The van der Waals surface area contributed by atoms with Crippen LogP contribution in [0.2, 0.25) is 0 Å². The molecular formula is C21H24N4OS. The van der Waals surface area contributed by atoms with Crippen LogP contribution in [0.15, 0.2) is 60.4 Å². The minimum absolute atomic E-state index is 0.0363. The van der Waals surface area contributed by atoms with Gasteiger partial charge in [-0.3, -0.25) is 9.36 Å². The normalized spacial score (nSPS) is 11.5. The summed E-state index contributed by atoms with van der Waals surface area (Å²) >= 11 is 1.39. The van der Waals surface area contributed by atoms with Crippen molar-refractivity contribution >= 4 is 17.5 Å². The third kappa shape index (κ3) is 4.39. The van der Waals surface area contributed by atoms with Gasteiger partial charge < -0.3 is 4.98 Å². The summed E-state index contributed by atoms with van der Waals surface area (Å²) in [5.74, 6) is 1.12. The van der Waals surface area contributed by atoms with Crippen molar-refractivity contribution in [2.24, 2.45) is 0 Å². The molecule has 0 fully saturated rings. The van der Waals surface area contributed by atoms with Gasteiger partial charge in [-0.05, 0) is 23.1 Å². The fourth-order valence-electron chi connectivity index (χ4n) is 2.73. The molecule has 0 saturated carbocycles. The highest BCUT2D eigenvalue weighted by atomic mass is 32.2. The maximum Gasteiger partial charge on any atom is 0.192 e. The van der Waals surface area contributed by atoms with Crippen LogP contribution in [0.5, 0.6) is 0 Å². The second-order valence-corrected chi connectivity index (χ2v) is 8.27. The Hall–Kier alpha value is -2.60. The molecule has 0 unspecified atom stereocenters. The van der Waals surface area contributed by atoms with E-state index in [0.717, 1.165) is 11.4 Å². The van der Waals surface area contributed by atoms with Gasteiger partial charge in [0.25, 0.3) is 0 Å². The summed E-state index contributed by atoms with van der Waals surface area (Å²) in [7, 11) is 0. The van der Waals surface area contributed by atoms with Gasteiger partial charge in [0.15, 0.2) is 16.8 Å². The van der Waals surface area contributed by atoms with E-state index in [1.54, 1.807) is 12.3 Å². The SMILES string of the molecule is C=CCn1c(SCC(=O)c2ccc[nH]2)nnc1-c1ccc(C(C)(C)C)cc1. The lowest BCUT2D eigenvalue weighted by Crippen LogP contribution is -2.10. The number of thioether (sulfide) groups is 1. The van der Waals surface area contributed by atoms with E-state index in [2.05, 4.69) is 66.8 Å². The molecule has 0 spiro atoms. The van der Waals surface area contributed by atoms with E-state index in [1.807, 2.05) is 16.7 Å². The first-order valence-electron chi connectivity index (χ1n) is 8.84. The summed E-state index contributed by atoms with van der Waals surface area (Å²) in [6.07, 6.45) is 3.56. The maximum atomic E-state index is 12.2. The van der Waals surface area contributed by atoms with Crippen molar-refractivity contribution < 1.29 is 4.79 Å². The van der Waals surface area contributed by atoms with Crippen LogP contribution in [0.4, 0.5) is 0 Å². The number of benzene rings is 1. The number of Topliss-reactive ketones (excluding diaryl/α,β-unsaturated/α-hetero) is 1. The monoisotopic (exact) mass is 380 g/mol. The Morgan fingerprint density at radius 1 is 1.22 bits per heavy atom. The van der Waals surface area contributed by atoms with Crippen molar-refractivity contribution in [3.63, 3.8) is 0 Å². The van der Waals surface area contributed by atoms with Crippen LogP contribution >= 0.6 is 11.8 Å². The lowest BCUT2D eigenvalue weighted by molar-refractivity contribution is 0.101. The number of ketones is 1. The second-order valence-electron chi connectivity index (χ2n) is 7.33. The predicted octanol–water partition coefficient (Wildman–Crippen LogP) is 4.73. The zero-order valence-electron chi connectivity index (χ0n) is 15.9. The van der Waals surface area contributed by atoms with Crippen LogP contribution in [-0.4, -0.2) is 31.3 Å². The molecule has 5 nitrogen and oxygen atoms in total. The fourth-order valence-corrected chi connectivity index (χ4v) is 3.56. The summed E-state index contributed by atoms with van der Waals surface area (Å²) in [6, 6.07) is 12.0. The topological polar surface area (TPSA) is 63.6 Å². The van der Waals surface area contributed by atoms with Crippen molar-refractivity contribution in [2.75, 3.05) is 5.75 Å². The van der Waals surface area contributed by atoms with Crippen molar-refractivity contribution in [1.29, 1.82) is 0 Å². The largest absolute Gasteiger partial charge is 0.359 e. The maximum absolute atomic E-state index is 12.2. The molecule has 2 heterocycles. The highest BCUT2D eigenvalue weighted by Crippen LogP contribution is 2.28. The molecule has 2 aromatic heterocycles. The van der Waals surface area contributed by atoms with E-state index in [4.69, 9.17) is 0 Å². The average molecular weight is 381 g/mol. The van der Waals surface area contributed by atoms with Crippen LogP contribution in [0, 0.1) is 0 Å². The van der Waals surface area contributed by atoms with E-state index >= 15 is 0 Å². The molecule has 0 aliphatic heterocycles. The number of carbonyl (C=O) groups is 1. The van der Waals surface area contributed by atoms with Gasteiger partial charge in [-0.15, -0.1) is 16.8 Å². The van der Waals surface area contributed by atoms with Crippen molar-refractivity contribution in [1.82, 2.24) is 19.7 Å². The first kappa shape index (κ1) is 19.2. The standard InChI is InChI=1S/C21H24N4OS/c1-5-13-25-19(15-8-10-16(11-9-15)21(2,3)4)23-24-20(25)27-14-18(26)17-7-6-12-22-17/h5-12,22H,1,13-14H2,2-4H3. The summed E-state index contributed by atoms with van der Waals surface area (Å²) in [5, 5.41) is 9.38. The van der Waals surface area contributed by atoms with Crippen molar-refractivity contribution in [2.45, 2.75) is 37.9 Å². The Kier molecular flexibility index (Phi) is 5.65. The number of aromatic nitrogens is 4. The van der Waals surface area contributed by atoms with Crippen molar-refractivity contribution in [3.8, 4) is 11.4 Å². The molecule has 1 aromatic carbocycles. The Labute approximate surface area is 163 Å². The first-order chi connectivity index (χ1) is 12.9. The van der Waals surface area contributed by atoms with E-state index in [9.17, 15) is 4.79 Å². The van der Waals surface area contributed by atoms with Gasteiger partial charge in [0.2, 0.25) is 0 Å². The highest BCUT2D eigenvalue weighted by Gasteiger charge is 2.17. The molecule has 6 heteroatoms. The number of allylic oxidation sites excluding steroid dienone is 1. The van der Waals surface area contributed by atoms with E-state index in [0.29, 0.717) is 23.1 Å². The van der Waals surface area contributed by atoms with Crippen LogP contribution in [0.1, 0.15) is 36.8 Å². The Morgan fingerprint density at radius 3 is 2.56 bits per heavy atom. The molecule has 0 aliphatic carbocycles. The number of hydrogen-bond donors (Lipinski definition) is 1. The molecule has 1 N–H and O–H groups in total. The molecule has 0 saturated heterocycles. The molecule has 0 amide bonds. The van der Waals surface area contributed by atoms with Gasteiger partial charge in [0.05, 0.1) is 11.4 Å². The van der Waals surface area contributed by atoms with Gasteiger partial charge in [0.1, 0.15) is 0 Å². The van der Waals surface area contributed by atoms with Crippen LogP contribution in [0.3, 0.4) is 0 Å². The van der Waals surface area contributed by atoms with E-state index in [1.165, 1.54) is 17.3 Å². The summed E-state index contributed by atoms with van der Waals surface area (Å²) in [5.41, 5.74) is 2.98. The van der Waals surface area contributed by atoms with Gasteiger partial charge in [-0.1, -0.05) is 62.9 Å². The third-order valence-electron chi connectivity index (χ3n) is 4.27. The van der Waals surface area contributed by atoms with E-state index in [-0.39, 0.29) is 11.2 Å². The predicted molar refractivity (Wildman–Crippen MR) is 110 cm³/mol. The molecule has 140 valence electrons. The molecule has 27 heavy (non-hydrogen) atoms. The lowest BCUT2D eigenvalue weighted by Gasteiger charge is -2.19. The Bertz CT molecular complexity index is 918. The molecule has 0 bridgehead atoms. The quantitative estimate of drug-likeness (QED) is 0.366. The number of nitrogens with zero attached hydrogens (tertiary/aromatic N) is 3. The average Bonchev–Trinajstić information content (AvgIpc) is 3.30. The highest BCUT2D eigenvalue weighted by molar-refractivity contribution is 7.99. The number of aromatic amines is 1. The van der Waals surface area contributed by atoms with Crippen LogP contribution < -0.4 is 0 Å². The number of H-pyrrole nitrogens is 1. The zero-order chi connectivity index (χ0) is 19.4. The first-order valence-corrected chi connectivity index (χ1v) is 9.83. The molecule has 0 atom stereocenters. The lowest BCUT2D eigenvalue weighted by atomic mass is 9.87. The fraction of sp³-hybridized carbons (Fsp3) is 0.286. The zero-order valence-corrected chi connectivity index (χ0v) is 16.7. The van der Waals surface area contributed by atoms with Crippen molar-refractivity contribution in [3.05, 3.63) is 66.5 Å². The molecule has 0 radical (unpaired) electrons. The van der Waals surface area contributed by atoms with Crippen LogP contribution in [0.25, 0.3) is 11.4 Å². The minimum atomic E-state index is 0.0363. The Morgan fingerprint density at radius 2 is 1.96 bits per heavy atom. The van der Waals surface area contributed by atoms with Gasteiger partial charge in [0, 0.05) is 18.3 Å². The molecular weight excluding hydrogens is 356 g/mol. The smallest absolute Gasteiger partial charge is 0.192 e. The Balaban J connectivity index is 1.82. The summed E-state index contributed by atoms with van der Waals surface area (Å²) < 4.78 is 1.99.